The van der Waals surface area contributed by atoms with Crippen molar-refractivity contribution in [1.29, 1.82) is 0 Å². The summed E-state index contributed by atoms with van der Waals surface area (Å²) >= 11 is 0. The van der Waals surface area contributed by atoms with Crippen molar-refractivity contribution >= 4 is 31.9 Å². The van der Waals surface area contributed by atoms with E-state index >= 15 is 4.79 Å². The van der Waals surface area contributed by atoms with Gasteiger partial charge in [0.1, 0.15) is 29.5 Å². The molecule has 1 amide bonds. The SMILES string of the molecule is CC[Si](CC)(CC)OC1CC2OC[C@@]2(O)C2C(OC(=O)c3ccccc3)C3(O)CC(OC(=O)[C@H](C)C(NC(=O)c4ccccc4)c4ccccc4)C(C)=C(C(O)C(=O)[C@]12C)C3(C)C. The highest BCUT2D eigenvalue weighted by Gasteiger charge is 2.77. The second-order valence-corrected chi connectivity index (χ2v) is 23.6. The first kappa shape index (κ1) is 46.5. The number of amides is 1. The van der Waals surface area contributed by atoms with Gasteiger partial charge in [0.25, 0.3) is 5.91 Å². The molecule has 2 bridgehead atoms. The summed E-state index contributed by atoms with van der Waals surface area (Å²) in [6.45, 7) is 14.3. The fourth-order valence-corrected chi connectivity index (χ4v) is 14.1. The Morgan fingerprint density at radius 3 is 1.95 bits per heavy atom. The van der Waals surface area contributed by atoms with Gasteiger partial charge in [-0.05, 0) is 79.9 Å². The van der Waals surface area contributed by atoms with E-state index in [2.05, 4.69) is 26.1 Å². The van der Waals surface area contributed by atoms with Gasteiger partial charge in [0.15, 0.2) is 14.1 Å². The Morgan fingerprint density at radius 1 is 0.857 bits per heavy atom. The summed E-state index contributed by atoms with van der Waals surface area (Å²) < 4.78 is 26.2. The number of benzene rings is 3. The Bertz CT molecular complexity index is 2210. The zero-order valence-corrected chi connectivity index (χ0v) is 38.6. The summed E-state index contributed by atoms with van der Waals surface area (Å²) in [6, 6.07) is 27.4. The van der Waals surface area contributed by atoms with Crippen molar-refractivity contribution in [3.8, 4) is 0 Å². The average Bonchev–Trinajstić information content (AvgIpc) is 3.28. The average molecular weight is 882 g/mol. The van der Waals surface area contributed by atoms with Crippen molar-refractivity contribution in [2.24, 2.45) is 22.7 Å². The predicted molar refractivity (Wildman–Crippen MR) is 238 cm³/mol. The summed E-state index contributed by atoms with van der Waals surface area (Å²) in [5, 5.41) is 42.3. The number of Topliss-reactive ketones (excluding diaryl/α,β-unsaturated/α-hetero) is 1. The Hall–Kier alpha value is -4.50. The highest BCUT2D eigenvalue weighted by atomic mass is 28.4. The van der Waals surface area contributed by atoms with Crippen LogP contribution >= 0.6 is 0 Å². The Labute approximate surface area is 371 Å². The molecule has 338 valence electrons. The molecule has 0 spiro atoms. The Balaban J connectivity index is 1.35. The van der Waals surface area contributed by atoms with Crippen molar-refractivity contribution < 1.29 is 53.1 Å². The molecule has 3 aromatic rings. The molecule has 8 unspecified atom stereocenters. The van der Waals surface area contributed by atoms with Gasteiger partial charge in [-0.2, -0.15) is 0 Å². The number of hydrogen-bond acceptors (Lipinski definition) is 11. The van der Waals surface area contributed by atoms with Gasteiger partial charge < -0.3 is 39.3 Å². The van der Waals surface area contributed by atoms with Gasteiger partial charge in [-0.3, -0.25) is 14.4 Å². The number of carbonyl (C=O) groups is 4. The third kappa shape index (κ3) is 7.72. The minimum atomic E-state index is -2.50. The Kier molecular flexibility index (Phi) is 12.9. The molecule has 11 atom stereocenters. The molecule has 63 heavy (non-hydrogen) atoms. The lowest BCUT2D eigenvalue weighted by Gasteiger charge is -2.67. The number of ketones is 1. The molecule has 1 saturated heterocycles. The van der Waals surface area contributed by atoms with Gasteiger partial charge in [0, 0.05) is 29.7 Å². The molecule has 13 heteroatoms. The van der Waals surface area contributed by atoms with Crippen LogP contribution in [0, 0.1) is 22.7 Å². The maximum atomic E-state index is 15.6. The summed E-state index contributed by atoms with van der Waals surface area (Å²) in [5.41, 5.74) is -5.44. The molecule has 4 N–H and O–H groups in total. The zero-order chi connectivity index (χ0) is 45.7. The minimum Gasteiger partial charge on any atom is -0.457 e. The molecule has 4 aliphatic rings. The van der Waals surface area contributed by atoms with E-state index < -0.39 is 102 Å². The van der Waals surface area contributed by atoms with Crippen LogP contribution in [0.4, 0.5) is 0 Å². The first-order valence-corrected chi connectivity index (χ1v) is 24.9. The summed E-state index contributed by atoms with van der Waals surface area (Å²) in [6.07, 6.45) is -6.57. The van der Waals surface area contributed by atoms with Crippen LogP contribution in [0.2, 0.25) is 18.1 Å². The summed E-state index contributed by atoms with van der Waals surface area (Å²) in [5.74, 6) is -4.88. The largest absolute Gasteiger partial charge is 0.457 e. The van der Waals surface area contributed by atoms with Crippen molar-refractivity contribution in [2.75, 3.05) is 6.61 Å². The fraction of sp³-hybridized carbons (Fsp3) is 0.520. The van der Waals surface area contributed by atoms with Crippen LogP contribution in [0.1, 0.15) is 101 Å². The molecule has 12 nitrogen and oxygen atoms in total. The number of fused-ring (bicyclic) bond motifs is 5. The number of hydrogen-bond donors (Lipinski definition) is 4. The molecular weight excluding hydrogens is 819 g/mol. The lowest BCUT2D eigenvalue weighted by atomic mass is 9.44. The molecule has 7 rings (SSSR count). The smallest absolute Gasteiger partial charge is 0.338 e. The van der Waals surface area contributed by atoms with Crippen LogP contribution < -0.4 is 5.32 Å². The molecule has 2 saturated carbocycles. The molecule has 1 heterocycles. The van der Waals surface area contributed by atoms with Crippen molar-refractivity contribution in [1.82, 2.24) is 5.32 Å². The number of nitrogens with one attached hydrogen (secondary N) is 1. The van der Waals surface area contributed by atoms with Crippen molar-refractivity contribution in [3.05, 3.63) is 119 Å². The number of esters is 2. The number of aliphatic hydroxyl groups is 3. The molecule has 3 fully saturated rings. The maximum absolute atomic E-state index is 15.6. The van der Waals surface area contributed by atoms with E-state index in [1.807, 2.05) is 6.07 Å². The van der Waals surface area contributed by atoms with Gasteiger partial charge in [0.2, 0.25) is 0 Å². The van der Waals surface area contributed by atoms with Crippen molar-refractivity contribution in [3.63, 3.8) is 0 Å². The lowest BCUT2D eigenvalue weighted by molar-refractivity contribution is -0.342. The topological polar surface area (TPSA) is 178 Å². The molecule has 0 radical (unpaired) electrons. The van der Waals surface area contributed by atoms with Crippen LogP contribution in [-0.4, -0.2) is 95.6 Å². The van der Waals surface area contributed by atoms with E-state index in [4.69, 9.17) is 18.6 Å². The Morgan fingerprint density at radius 2 is 1.41 bits per heavy atom. The summed E-state index contributed by atoms with van der Waals surface area (Å²) in [4.78, 5) is 58.1. The highest BCUT2D eigenvalue weighted by Crippen LogP contribution is 2.64. The van der Waals surface area contributed by atoms with Gasteiger partial charge in [-0.1, -0.05) is 101 Å². The van der Waals surface area contributed by atoms with Crippen LogP contribution in [0.5, 0.6) is 0 Å². The zero-order valence-electron chi connectivity index (χ0n) is 37.6. The number of aliphatic hydroxyl groups excluding tert-OH is 1. The first-order valence-electron chi connectivity index (χ1n) is 22.4. The molecule has 0 aromatic heterocycles. The van der Waals surface area contributed by atoms with Gasteiger partial charge >= 0.3 is 11.9 Å². The first-order chi connectivity index (χ1) is 29.8. The molecular formula is C50H63NO11Si. The molecule has 1 aliphatic heterocycles. The molecule has 3 aromatic carbocycles. The van der Waals surface area contributed by atoms with E-state index in [0.717, 1.165) is 18.1 Å². The predicted octanol–water partition coefficient (Wildman–Crippen LogP) is 6.90. The van der Waals surface area contributed by atoms with Crippen LogP contribution in [0.25, 0.3) is 0 Å². The van der Waals surface area contributed by atoms with Crippen LogP contribution in [0.3, 0.4) is 0 Å². The normalized spacial score (nSPS) is 32.1. The maximum Gasteiger partial charge on any atom is 0.338 e. The monoisotopic (exact) mass is 881 g/mol. The summed E-state index contributed by atoms with van der Waals surface area (Å²) in [7, 11) is -2.50. The second-order valence-electron chi connectivity index (χ2n) is 18.9. The van der Waals surface area contributed by atoms with E-state index in [-0.39, 0.29) is 30.6 Å². The van der Waals surface area contributed by atoms with Crippen LogP contribution in [0.15, 0.2) is 102 Å². The quantitative estimate of drug-likeness (QED) is 0.0798. The van der Waals surface area contributed by atoms with E-state index in [1.165, 1.54) is 0 Å². The van der Waals surface area contributed by atoms with E-state index in [1.54, 1.807) is 120 Å². The van der Waals surface area contributed by atoms with Gasteiger partial charge in [-0.15, -0.1) is 0 Å². The third-order valence-corrected chi connectivity index (χ3v) is 20.2. The fourth-order valence-electron chi connectivity index (χ4n) is 11.2. The number of ether oxygens (including phenoxy) is 3. The number of rotatable bonds is 13. The van der Waals surface area contributed by atoms with Gasteiger partial charge in [-0.25, -0.2) is 4.79 Å². The minimum absolute atomic E-state index is 0.131. The van der Waals surface area contributed by atoms with E-state index in [0.29, 0.717) is 16.7 Å². The molecule has 3 aliphatic carbocycles. The lowest BCUT2D eigenvalue weighted by Crippen LogP contribution is -2.81. The van der Waals surface area contributed by atoms with Crippen LogP contribution in [-0.2, 0) is 28.2 Å². The van der Waals surface area contributed by atoms with Crippen molar-refractivity contribution in [2.45, 2.75) is 134 Å². The third-order valence-electron chi connectivity index (χ3n) is 15.5. The standard InChI is InChI=1S/C50H63NO11Si/c1-9-63(10-2,11-3)62-36-27-37-49(57,29-59-37)41-43(61-46(56)34-25-19-14-20-26-34)50(58)28-35(30(4)38(47(50,6)7)40(52)42(53)48(36,41)8)60-45(55)31(5)39(32-21-15-12-16-22-32)51-44(54)33-23-17-13-18-24-33/h12-26,31,35-37,39-41,43,52,57-58H,9-11,27-29H2,1-8H3,(H,51,54)/t31-,35?,36?,37?,39?,40?,41?,43?,48-,49+,50?/m1/s1. The highest BCUT2D eigenvalue weighted by molar-refractivity contribution is 6.73. The van der Waals surface area contributed by atoms with E-state index in [9.17, 15) is 29.7 Å². The van der Waals surface area contributed by atoms with Gasteiger partial charge in [0.05, 0.1) is 41.8 Å². The second kappa shape index (κ2) is 17.5. The number of carbonyl (C=O) groups excluding carboxylic acids is 4.